The number of nitrogens with one attached hydrogen (secondary N) is 2. The largest absolute Gasteiger partial charge is 0.492 e. The lowest BCUT2D eigenvalue weighted by Gasteiger charge is -2.07. The lowest BCUT2D eigenvalue weighted by atomic mass is 10.2. The number of aromatic amines is 1. The molecular formula is C19H17Cl2N3O2. The predicted octanol–water partition coefficient (Wildman–Crippen LogP) is 4.78. The Hall–Kier alpha value is -2.50. The van der Waals surface area contributed by atoms with Gasteiger partial charge in [-0.25, -0.2) is 5.43 Å². The molecule has 1 aromatic heterocycles. The lowest BCUT2D eigenvalue weighted by Crippen LogP contribution is -2.18. The molecule has 0 saturated carbocycles. The Labute approximate surface area is 161 Å². The van der Waals surface area contributed by atoms with Crippen LogP contribution in [-0.4, -0.2) is 23.7 Å². The number of halogens is 2. The van der Waals surface area contributed by atoms with Crippen LogP contribution in [0.5, 0.6) is 5.75 Å². The van der Waals surface area contributed by atoms with Gasteiger partial charge in [-0.05, 0) is 47.7 Å². The van der Waals surface area contributed by atoms with Crippen molar-refractivity contribution in [3.63, 3.8) is 0 Å². The van der Waals surface area contributed by atoms with Gasteiger partial charge in [0.05, 0.1) is 17.8 Å². The van der Waals surface area contributed by atoms with E-state index in [0.717, 1.165) is 16.5 Å². The quantitative estimate of drug-likeness (QED) is 0.346. The number of ether oxygens (including phenoxy) is 1. The van der Waals surface area contributed by atoms with E-state index in [0.29, 0.717) is 35.2 Å². The summed E-state index contributed by atoms with van der Waals surface area (Å²) in [6.07, 6.45) is 4.35. The molecule has 0 bridgehead atoms. The number of hydrogen-bond donors (Lipinski definition) is 2. The number of hydrazone groups is 1. The van der Waals surface area contributed by atoms with Crippen molar-refractivity contribution in [2.75, 3.05) is 6.61 Å². The smallest absolute Gasteiger partial charge is 0.240 e. The number of aromatic nitrogens is 1. The van der Waals surface area contributed by atoms with Crippen molar-refractivity contribution < 1.29 is 9.53 Å². The van der Waals surface area contributed by atoms with Gasteiger partial charge in [-0.3, -0.25) is 4.79 Å². The Morgan fingerprint density at radius 2 is 2.08 bits per heavy atom. The summed E-state index contributed by atoms with van der Waals surface area (Å²) in [5.74, 6) is 0.377. The van der Waals surface area contributed by atoms with Gasteiger partial charge in [0, 0.05) is 23.2 Å². The van der Waals surface area contributed by atoms with Crippen LogP contribution in [0.25, 0.3) is 10.9 Å². The third-order valence-corrected chi connectivity index (χ3v) is 4.21. The van der Waals surface area contributed by atoms with E-state index in [4.69, 9.17) is 27.9 Å². The monoisotopic (exact) mass is 389 g/mol. The maximum absolute atomic E-state index is 11.8. The first-order chi connectivity index (χ1) is 12.6. The van der Waals surface area contributed by atoms with Gasteiger partial charge in [-0.2, -0.15) is 5.10 Å². The summed E-state index contributed by atoms with van der Waals surface area (Å²) in [6.45, 7) is 0.377. The van der Waals surface area contributed by atoms with Crippen LogP contribution in [0.2, 0.25) is 10.0 Å². The van der Waals surface area contributed by atoms with Crippen LogP contribution >= 0.6 is 23.2 Å². The molecule has 0 aliphatic rings. The Morgan fingerprint density at radius 3 is 2.92 bits per heavy atom. The molecule has 0 aliphatic heterocycles. The standard InChI is InChI=1S/C19H17Cl2N3O2/c20-15-5-6-18(16(21)11-15)26-9-1-2-19(25)24-23-12-13-3-4-14-7-8-22-17(14)10-13/h3-8,10-12,22H,1-2,9H2,(H,24,25)/b23-12+. The maximum Gasteiger partial charge on any atom is 0.240 e. The fourth-order valence-electron chi connectivity index (χ4n) is 2.39. The molecule has 1 heterocycles. The van der Waals surface area contributed by atoms with Gasteiger partial charge in [-0.1, -0.05) is 35.3 Å². The number of rotatable bonds is 7. The summed E-state index contributed by atoms with van der Waals surface area (Å²) in [5.41, 5.74) is 4.44. The summed E-state index contributed by atoms with van der Waals surface area (Å²) in [5, 5.41) is 6.11. The second-order valence-corrected chi connectivity index (χ2v) is 6.49. The molecule has 5 nitrogen and oxygen atoms in total. The van der Waals surface area contributed by atoms with Gasteiger partial charge in [0.1, 0.15) is 5.75 Å². The van der Waals surface area contributed by atoms with Crippen LogP contribution in [0.4, 0.5) is 0 Å². The van der Waals surface area contributed by atoms with Crippen LogP contribution in [0.15, 0.2) is 53.8 Å². The molecule has 0 spiro atoms. The van der Waals surface area contributed by atoms with Gasteiger partial charge in [0.25, 0.3) is 0 Å². The number of amides is 1. The van der Waals surface area contributed by atoms with E-state index in [1.807, 2.05) is 30.5 Å². The number of carbonyl (C=O) groups excluding carboxylic acids is 1. The summed E-state index contributed by atoms with van der Waals surface area (Å²) >= 11 is 11.8. The minimum absolute atomic E-state index is 0.173. The molecule has 0 saturated heterocycles. The molecule has 0 unspecified atom stereocenters. The normalized spacial score (nSPS) is 11.2. The molecule has 0 radical (unpaired) electrons. The zero-order valence-corrected chi connectivity index (χ0v) is 15.3. The van der Waals surface area contributed by atoms with Crippen molar-refractivity contribution in [3.05, 3.63) is 64.3 Å². The van der Waals surface area contributed by atoms with E-state index in [2.05, 4.69) is 15.5 Å². The van der Waals surface area contributed by atoms with Crippen molar-refractivity contribution in [1.82, 2.24) is 10.4 Å². The van der Waals surface area contributed by atoms with Crippen LogP contribution in [0.3, 0.4) is 0 Å². The van der Waals surface area contributed by atoms with Gasteiger partial charge >= 0.3 is 0 Å². The number of hydrogen-bond acceptors (Lipinski definition) is 3. The third kappa shape index (κ3) is 5.00. The molecule has 0 atom stereocenters. The Kier molecular flexibility index (Phi) is 6.15. The predicted molar refractivity (Wildman–Crippen MR) is 105 cm³/mol. The Balaban J connectivity index is 1.39. The topological polar surface area (TPSA) is 66.5 Å². The summed E-state index contributed by atoms with van der Waals surface area (Å²) in [6, 6.07) is 12.9. The van der Waals surface area contributed by atoms with E-state index >= 15 is 0 Å². The van der Waals surface area contributed by atoms with Crippen molar-refractivity contribution in [2.45, 2.75) is 12.8 Å². The zero-order chi connectivity index (χ0) is 18.4. The van der Waals surface area contributed by atoms with Crippen molar-refractivity contribution in [3.8, 4) is 5.75 Å². The van der Waals surface area contributed by atoms with Crippen molar-refractivity contribution in [2.24, 2.45) is 5.10 Å². The Bertz CT molecular complexity index is 937. The SMILES string of the molecule is O=C(CCCOc1ccc(Cl)cc1Cl)N/N=C/c1ccc2cc[nH]c2c1. The molecule has 7 heteroatoms. The van der Waals surface area contributed by atoms with E-state index in [1.54, 1.807) is 24.4 Å². The third-order valence-electron chi connectivity index (χ3n) is 3.68. The number of H-pyrrole nitrogens is 1. The number of carbonyl (C=O) groups is 1. The van der Waals surface area contributed by atoms with E-state index in [1.165, 1.54) is 0 Å². The highest BCUT2D eigenvalue weighted by Crippen LogP contribution is 2.27. The van der Waals surface area contributed by atoms with Gasteiger partial charge in [0.2, 0.25) is 5.91 Å². The molecule has 134 valence electrons. The molecule has 26 heavy (non-hydrogen) atoms. The molecule has 0 aliphatic carbocycles. The fourth-order valence-corrected chi connectivity index (χ4v) is 2.85. The van der Waals surface area contributed by atoms with Crippen molar-refractivity contribution in [1.29, 1.82) is 0 Å². The van der Waals surface area contributed by atoms with Crippen LogP contribution in [0, 0.1) is 0 Å². The average Bonchev–Trinajstić information content (AvgIpc) is 3.08. The minimum Gasteiger partial charge on any atom is -0.492 e. The number of fused-ring (bicyclic) bond motifs is 1. The van der Waals surface area contributed by atoms with E-state index < -0.39 is 0 Å². The minimum atomic E-state index is -0.173. The van der Waals surface area contributed by atoms with Crippen LogP contribution in [-0.2, 0) is 4.79 Å². The first kappa shape index (κ1) is 18.3. The zero-order valence-electron chi connectivity index (χ0n) is 13.8. The number of benzene rings is 2. The maximum atomic E-state index is 11.8. The summed E-state index contributed by atoms with van der Waals surface area (Å²) in [4.78, 5) is 14.9. The average molecular weight is 390 g/mol. The van der Waals surface area contributed by atoms with Gasteiger partial charge in [-0.15, -0.1) is 0 Å². The highest BCUT2D eigenvalue weighted by Gasteiger charge is 2.04. The molecule has 3 aromatic rings. The van der Waals surface area contributed by atoms with Crippen LogP contribution < -0.4 is 10.2 Å². The highest BCUT2D eigenvalue weighted by atomic mass is 35.5. The molecule has 1 amide bonds. The Morgan fingerprint density at radius 1 is 1.19 bits per heavy atom. The molecule has 3 rings (SSSR count). The van der Waals surface area contributed by atoms with Crippen molar-refractivity contribution >= 4 is 46.2 Å². The first-order valence-electron chi connectivity index (χ1n) is 8.09. The number of nitrogens with zero attached hydrogens (tertiary/aromatic N) is 1. The molecule has 2 N–H and O–H groups in total. The summed E-state index contributed by atoms with van der Waals surface area (Å²) < 4.78 is 5.54. The summed E-state index contributed by atoms with van der Waals surface area (Å²) in [7, 11) is 0. The highest BCUT2D eigenvalue weighted by molar-refractivity contribution is 6.35. The molecule has 2 aromatic carbocycles. The van der Waals surface area contributed by atoms with E-state index in [9.17, 15) is 4.79 Å². The molecule has 0 fully saturated rings. The van der Waals surface area contributed by atoms with Gasteiger partial charge < -0.3 is 9.72 Å². The fraction of sp³-hybridized carbons (Fsp3) is 0.158. The second kappa shape index (κ2) is 8.74. The second-order valence-electron chi connectivity index (χ2n) is 5.64. The molecular weight excluding hydrogens is 373 g/mol. The van der Waals surface area contributed by atoms with Gasteiger partial charge in [0.15, 0.2) is 0 Å². The van der Waals surface area contributed by atoms with E-state index in [-0.39, 0.29) is 5.91 Å². The lowest BCUT2D eigenvalue weighted by molar-refractivity contribution is -0.121. The first-order valence-corrected chi connectivity index (χ1v) is 8.84. The van der Waals surface area contributed by atoms with Crippen LogP contribution in [0.1, 0.15) is 18.4 Å².